The molecule has 0 unspecified atom stereocenters. The van der Waals surface area contributed by atoms with Crippen molar-refractivity contribution in [1.29, 1.82) is 0 Å². The first-order valence-electron chi connectivity index (χ1n) is 4.74. The molecule has 0 aromatic carbocycles. The van der Waals surface area contributed by atoms with Gasteiger partial charge < -0.3 is 0 Å². The minimum atomic E-state index is 0.369. The second-order valence-corrected chi connectivity index (χ2v) is 3.79. The van der Waals surface area contributed by atoms with Crippen molar-refractivity contribution in [1.82, 2.24) is 0 Å². The number of aryl methyl sites for hydroxylation is 1. The summed E-state index contributed by atoms with van der Waals surface area (Å²) in [6, 6.07) is 4.06. The van der Waals surface area contributed by atoms with Crippen molar-refractivity contribution in [2.75, 3.05) is 0 Å². The van der Waals surface area contributed by atoms with E-state index < -0.39 is 0 Å². The maximum Gasteiger partial charge on any atom is 0.206 e. The third kappa shape index (κ3) is 2.14. The second-order valence-electron chi connectivity index (χ2n) is 3.79. The fourth-order valence-corrected chi connectivity index (χ4v) is 1.35. The Morgan fingerprint density at radius 3 is 2.62 bits per heavy atom. The molecule has 0 N–H and O–H groups in total. The van der Waals surface area contributed by atoms with E-state index in [4.69, 9.17) is 0 Å². The molecule has 0 radical (unpaired) electrons. The van der Waals surface area contributed by atoms with Gasteiger partial charge in [-0.05, 0) is 25.3 Å². The molecule has 1 aromatic rings. The van der Waals surface area contributed by atoms with Gasteiger partial charge in [0.2, 0.25) is 6.54 Å². The minimum Gasteiger partial charge on any atom is -0.292 e. The number of pyridine rings is 1. The fraction of sp³-hybridized carbons (Fsp3) is 0.455. The van der Waals surface area contributed by atoms with Crippen LogP contribution in [0.15, 0.2) is 24.5 Å². The summed E-state index contributed by atoms with van der Waals surface area (Å²) in [6.45, 7) is 2.60. The van der Waals surface area contributed by atoms with Gasteiger partial charge in [-0.3, -0.25) is 4.79 Å². The summed E-state index contributed by atoms with van der Waals surface area (Å²) in [5.74, 6) is 0.752. The summed E-state index contributed by atoms with van der Waals surface area (Å²) in [6.07, 6.45) is 6.14. The van der Waals surface area contributed by atoms with Crippen molar-refractivity contribution in [3.63, 3.8) is 0 Å². The molecule has 2 heteroatoms. The van der Waals surface area contributed by atoms with E-state index in [1.165, 1.54) is 5.56 Å². The Kier molecular flexibility index (Phi) is 2.13. The van der Waals surface area contributed by atoms with Crippen LogP contribution in [0.2, 0.25) is 0 Å². The summed E-state index contributed by atoms with van der Waals surface area (Å²) >= 11 is 0. The van der Waals surface area contributed by atoms with Gasteiger partial charge in [0.1, 0.15) is 0 Å². The highest BCUT2D eigenvalue weighted by molar-refractivity contribution is 5.81. The van der Waals surface area contributed by atoms with Crippen LogP contribution in [0, 0.1) is 12.8 Å². The van der Waals surface area contributed by atoms with Crippen LogP contribution in [0.3, 0.4) is 0 Å². The van der Waals surface area contributed by atoms with Gasteiger partial charge >= 0.3 is 0 Å². The van der Waals surface area contributed by atoms with E-state index in [9.17, 15) is 4.79 Å². The van der Waals surface area contributed by atoms with E-state index in [0.717, 1.165) is 12.8 Å². The van der Waals surface area contributed by atoms with E-state index >= 15 is 0 Å². The van der Waals surface area contributed by atoms with Gasteiger partial charge in [-0.2, -0.15) is 4.57 Å². The highest BCUT2D eigenvalue weighted by Crippen LogP contribution is 2.29. The molecule has 1 saturated carbocycles. The number of hydrogen-bond donors (Lipinski definition) is 0. The highest BCUT2D eigenvalue weighted by Gasteiger charge is 2.31. The molecule has 68 valence electrons. The summed E-state index contributed by atoms with van der Waals surface area (Å²) < 4.78 is 1.95. The lowest BCUT2D eigenvalue weighted by Crippen LogP contribution is -2.37. The van der Waals surface area contributed by atoms with Gasteiger partial charge in [-0.25, -0.2) is 0 Å². The molecule has 0 bridgehead atoms. The molecule has 0 spiro atoms. The van der Waals surface area contributed by atoms with Crippen LogP contribution in [-0.2, 0) is 11.3 Å². The van der Waals surface area contributed by atoms with Gasteiger partial charge in [-0.15, -0.1) is 0 Å². The molecule has 1 aromatic heterocycles. The third-order valence-corrected chi connectivity index (χ3v) is 2.43. The Hall–Kier alpha value is -1.18. The Morgan fingerprint density at radius 1 is 1.46 bits per heavy atom. The number of hydrogen-bond acceptors (Lipinski definition) is 1. The standard InChI is InChI=1S/C11H14NO/c1-9-4-6-12(7-5-9)8-11(13)10-2-3-10/h4-7,10H,2-3,8H2,1H3/q+1. The molecule has 0 atom stereocenters. The van der Waals surface area contributed by atoms with E-state index in [0.29, 0.717) is 18.2 Å². The van der Waals surface area contributed by atoms with Crippen molar-refractivity contribution in [2.24, 2.45) is 5.92 Å². The van der Waals surface area contributed by atoms with E-state index in [1.54, 1.807) is 0 Å². The first kappa shape index (κ1) is 8.42. The molecule has 2 nitrogen and oxygen atoms in total. The van der Waals surface area contributed by atoms with E-state index in [1.807, 2.05) is 36.0 Å². The van der Waals surface area contributed by atoms with Crippen LogP contribution >= 0.6 is 0 Å². The molecule has 1 aliphatic carbocycles. The third-order valence-electron chi connectivity index (χ3n) is 2.43. The number of rotatable bonds is 3. The molecular formula is C11H14NO+. The Labute approximate surface area is 78.2 Å². The van der Waals surface area contributed by atoms with Gasteiger partial charge in [0, 0.05) is 18.1 Å². The summed E-state index contributed by atoms with van der Waals surface area (Å²) in [4.78, 5) is 11.4. The molecule has 1 heterocycles. The first-order chi connectivity index (χ1) is 6.25. The average molecular weight is 176 g/mol. The number of carbonyl (C=O) groups excluding carboxylic acids is 1. The smallest absolute Gasteiger partial charge is 0.206 e. The highest BCUT2D eigenvalue weighted by atomic mass is 16.1. The molecule has 1 aliphatic rings. The Morgan fingerprint density at radius 2 is 2.08 bits per heavy atom. The summed E-state index contributed by atoms with van der Waals surface area (Å²) in [5.41, 5.74) is 1.23. The lowest BCUT2D eigenvalue weighted by molar-refractivity contribution is -0.684. The minimum absolute atomic E-state index is 0.369. The largest absolute Gasteiger partial charge is 0.292 e. The van der Waals surface area contributed by atoms with Crippen LogP contribution in [0.25, 0.3) is 0 Å². The summed E-state index contributed by atoms with van der Waals surface area (Å²) in [5, 5.41) is 0. The van der Waals surface area contributed by atoms with Crippen LogP contribution in [-0.4, -0.2) is 5.78 Å². The summed E-state index contributed by atoms with van der Waals surface area (Å²) in [7, 11) is 0. The zero-order valence-electron chi connectivity index (χ0n) is 7.86. The van der Waals surface area contributed by atoms with Crippen LogP contribution < -0.4 is 4.57 Å². The van der Waals surface area contributed by atoms with Crippen molar-refractivity contribution in [2.45, 2.75) is 26.3 Å². The normalized spacial score (nSPS) is 15.8. The lowest BCUT2D eigenvalue weighted by Gasteiger charge is -1.95. The van der Waals surface area contributed by atoms with Gasteiger partial charge in [0.25, 0.3) is 0 Å². The van der Waals surface area contributed by atoms with Crippen molar-refractivity contribution in [3.05, 3.63) is 30.1 Å². The quantitative estimate of drug-likeness (QED) is 0.635. The van der Waals surface area contributed by atoms with Crippen LogP contribution in [0.4, 0.5) is 0 Å². The maximum atomic E-state index is 11.4. The van der Waals surface area contributed by atoms with E-state index in [2.05, 4.69) is 0 Å². The zero-order chi connectivity index (χ0) is 9.26. The predicted octanol–water partition coefficient (Wildman–Crippen LogP) is 1.26. The molecule has 0 amide bonds. The molecule has 0 saturated heterocycles. The van der Waals surface area contributed by atoms with Crippen molar-refractivity contribution < 1.29 is 9.36 Å². The van der Waals surface area contributed by atoms with Gasteiger partial charge in [-0.1, -0.05) is 0 Å². The van der Waals surface area contributed by atoms with Gasteiger partial charge in [0.15, 0.2) is 18.2 Å². The number of ketones is 1. The monoisotopic (exact) mass is 176 g/mol. The Bertz CT molecular complexity index is 311. The van der Waals surface area contributed by atoms with Crippen LogP contribution in [0.5, 0.6) is 0 Å². The zero-order valence-corrected chi connectivity index (χ0v) is 7.86. The van der Waals surface area contributed by atoms with Crippen molar-refractivity contribution >= 4 is 5.78 Å². The number of nitrogens with zero attached hydrogens (tertiary/aromatic N) is 1. The topological polar surface area (TPSA) is 20.9 Å². The Balaban J connectivity index is 2.00. The molecule has 1 fully saturated rings. The average Bonchev–Trinajstić information content (AvgIpc) is 2.91. The molecule has 13 heavy (non-hydrogen) atoms. The fourth-order valence-electron chi connectivity index (χ4n) is 1.35. The molecular weight excluding hydrogens is 162 g/mol. The maximum absolute atomic E-state index is 11.4. The first-order valence-corrected chi connectivity index (χ1v) is 4.74. The predicted molar refractivity (Wildman–Crippen MR) is 49.1 cm³/mol. The van der Waals surface area contributed by atoms with Crippen molar-refractivity contribution in [3.8, 4) is 0 Å². The molecule has 0 aliphatic heterocycles. The number of aromatic nitrogens is 1. The number of carbonyl (C=O) groups is 1. The SMILES string of the molecule is Cc1cc[n+](CC(=O)C2CC2)cc1. The second kappa shape index (κ2) is 3.29. The van der Waals surface area contributed by atoms with Gasteiger partial charge in [0.05, 0.1) is 0 Å². The number of Topliss-reactive ketones (excluding diaryl/α,β-unsaturated/α-hetero) is 1. The van der Waals surface area contributed by atoms with Crippen LogP contribution in [0.1, 0.15) is 18.4 Å². The lowest BCUT2D eigenvalue weighted by atomic mass is 10.2. The molecule has 2 rings (SSSR count). The van der Waals surface area contributed by atoms with E-state index in [-0.39, 0.29) is 0 Å².